The van der Waals surface area contributed by atoms with Gasteiger partial charge in [0.1, 0.15) is 0 Å². The smallest absolute Gasteiger partial charge is 0.334 e. The first-order valence-electron chi connectivity index (χ1n) is 9.40. The molecule has 3 unspecified atom stereocenters. The fraction of sp³-hybridized carbons (Fsp3) is 0.333. The van der Waals surface area contributed by atoms with Crippen LogP contribution in [0.1, 0.15) is 29.5 Å². The van der Waals surface area contributed by atoms with Crippen molar-refractivity contribution in [3.05, 3.63) is 63.1 Å². The zero-order valence-electron chi connectivity index (χ0n) is 16.5. The Balaban J connectivity index is 1.81. The van der Waals surface area contributed by atoms with Crippen LogP contribution < -0.4 is 10.6 Å². The summed E-state index contributed by atoms with van der Waals surface area (Å²) in [6.45, 7) is 2.91. The van der Waals surface area contributed by atoms with Crippen molar-refractivity contribution in [3.8, 4) is 0 Å². The van der Waals surface area contributed by atoms with E-state index in [9.17, 15) is 14.7 Å². The number of nitrogens with zero attached hydrogens (tertiary/aromatic N) is 1. The van der Waals surface area contributed by atoms with Crippen LogP contribution in [-0.4, -0.2) is 52.9 Å². The van der Waals surface area contributed by atoms with Gasteiger partial charge in [-0.2, -0.15) is 0 Å². The number of nitrogens with one attached hydrogen (secondary N) is 2. The highest BCUT2D eigenvalue weighted by Gasteiger charge is 2.27. The van der Waals surface area contributed by atoms with Gasteiger partial charge >= 0.3 is 12.0 Å². The summed E-state index contributed by atoms with van der Waals surface area (Å²) in [6.07, 6.45) is -1.69. The number of benzene rings is 2. The molecule has 0 saturated heterocycles. The van der Waals surface area contributed by atoms with Crippen LogP contribution in [0.15, 0.2) is 36.4 Å². The number of carboxylic acids is 1. The third-order valence-electron chi connectivity index (χ3n) is 5.12. The van der Waals surface area contributed by atoms with Crippen LogP contribution in [-0.2, 0) is 11.3 Å². The Morgan fingerprint density at radius 3 is 2.67 bits per heavy atom. The molecule has 30 heavy (non-hydrogen) atoms. The molecule has 7 nitrogen and oxygen atoms in total. The molecule has 0 saturated carbocycles. The number of carbonyl (C=O) groups excluding carboxylic acids is 1. The minimum absolute atomic E-state index is 0.0208. The molecule has 0 spiro atoms. The molecule has 1 heterocycles. The third-order valence-corrected chi connectivity index (χ3v) is 5.68. The van der Waals surface area contributed by atoms with E-state index in [1.54, 1.807) is 12.1 Å². The Bertz CT molecular complexity index is 969. The Morgan fingerprint density at radius 1 is 1.23 bits per heavy atom. The molecule has 4 N–H and O–H groups in total. The maximum atomic E-state index is 12.2. The first kappa shape index (κ1) is 22.4. The van der Waals surface area contributed by atoms with Crippen molar-refractivity contribution in [1.82, 2.24) is 10.2 Å². The van der Waals surface area contributed by atoms with Crippen molar-refractivity contribution < 1.29 is 19.8 Å². The summed E-state index contributed by atoms with van der Waals surface area (Å²) in [7, 11) is 2.02. The van der Waals surface area contributed by atoms with E-state index in [1.165, 1.54) is 6.92 Å². The minimum Gasteiger partial charge on any atom is -0.479 e. The molecule has 1 aliphatic heterocycles. The topological polar surface area (TPSA) is 102 Å². The van der Waals surface area contributed by atoms with E-state index in [0.717, 1.165) is 29.8 Å². The lowest BCUT2D eigenvalue weighted by Gasteiger charge is -2.33. The minimum atomic E-state index is -1.69. The normalized spacial score (nSPS) is 18.2. The Hall–Kier alpha value is -2.32. The van der Waals surface area contributed by atoms with Crippen molar-refractivity contribution in [1.29, 1.82) is 0 Å². The first-order chi connectivity index (χ1) is 14.2. The highest BCUT2D eigenvalue weighted by Crippen LogP contribution is 2.38. The molecule has 1 aliphatic rings. The van der Waals surface area contributed by atoms with E-state index >= 15 is 0 Å². The SMILES string of the molecule is CC(NC(=O)Nc1cccc(C2CN(C)Cc3c(Cl)cc(Cl)cc32)c1)C(O)C(=O)O. The number of aliphatic carboxylic acids is 1. The van der Waals surface area contributed by atoms with Crippen LogP contribution in [0.2, 0.25) is 10.0 Å². The van der Waals surface area contributed by atoms with Crippen LogP contribution in [0.4, 0.5) is 10.5 Å². The summed E-state index contributed by atoms with van der Waals surface area (Å²) in [5.41, 5.74) is 3.63. The van der Waals surface area contributed by atoms with Crippen molar-refractivity contribution in [3.63, 3.8) is 0 Å². The van der Waals surface area contributed by atoms with Gasteiger partial charge in [0, 0.05) is 34.7 Å². The largest absolute Gasteiger partial charge is 0.479 e. The van der Waals surface area contributed by atoms with Gasteiger partial charge in [-0.1, -0.05) is 35.3 Å². The molecule has 160 valence electrons. The number of fused-ring (bicyclic) bond motifs is 1. The molecule has 3 rings (SSSR count). The summed E-state index contributed by atoms with van der Waals surface area (Å²) >= 11 is 12.7. The van der Waals surface area contributed by atoms with Gasteiger partial charge in [-0.25, -0.2) is 9.59 Å². The molecule has 0 fully saturated rings. The van der Waals surface area contributed by atoms with E-state index in [0.29, 0.717) is 15.7 Å². The molecule has 9 heteroatoms. The standard InChI is InChI=1S/C21H23Cl2N3O4/c1-11(19(27)20(28)29)24-21(30)25-14-5-3-4-12(6-14)16-9-26(2)10-17-15(16)7-13(22)8-18(17)23/h3-8,11,16,19,27H,9-10H2,1-2H3,(H,28,29)(H2,24,25,30). The number of hydrogen-bond donors (Lipinski definition) is 4. The summed E-state index contributed by atoms with van der Waals surface area (Å²) in [4.78, 5) is 25.2. The van der Waals surface area contributed by atoms with Gasteiger partial charge < -0.3 is 25.7 Å². The highest BCUT2D eigenvalue weighted by molar-refractivity contribution is 6.35. The number of carboxylic acid groups (broad SMARTS) is 1. The molecule has 0 radical (unpaired) electrons. The third kappa shape index (κ3) is 5.05. The fourth-order valence-corrected chi connectivity index (χ4v) is 4.20. The van der Waals surface area contributed by atoms with E-state index < -0.39 is 24.1 Å². The summed E-state index contributed by atoms with van der Waals surface area (Å²) in [6, 6.07) is 9.53. The predicted molar refractivity (Wildman–Crippen MR) is 116 cm³/mol. The zero-order chi connectivity index (χ0) is 22.0. The van der Waals surface area contributed by atoms with E-state index in [-0.39, 0.29) is 5.92 Å². The number of carbonyl (C=O) groups is 2. The van der Waals surface area contributed by atoms with Gasteiger partial charge in [0.2, 0.25) is 0 Å². The number of aliphatic hydroxyl groups is 1. The van der Waals surface area contributed by atoms with Crippen LogP contribution >= 0.6 is 23.2 Å². The van der Waals surface area contributed by atoms with Gasteiger partial charge in [0.05, 0.1) is 6.04 Å². The van der Waals surface area contributed by atoms with Crippen LogP contribution in [0.5, 0.6) is 0 Å². The number of rotatable bonds is 5. The summed E-state index contributed by atoms with van der Waals surface area (Å²) in [5, 5.41) is 24.7. The second-order valence-corrected chi connectivity index (χ2v) is 8.34. The van der Waals surface area contributed by atoms with Crippen LogP contribution in [0, 0.1) is 0 Å². The summed E-state index contributed by atoms with van der Waals surface area (Å²) < 4.78 is 0. The van der Waals surface area contributed by atoms with Crippen molar-refractivity contribution in [2.45, 2.75) is 31.5 Å². The number of urea groups is 1. The molecule has 3 atom stereocenters. The first-order valence-corrected chi connectivity index (χ1v) is 10.2. The monoisotopic (exact) mass is 451 g/mol. The van der Waals surface area contributed by atoms with Gasteiger partial charge in [0.15, 0.2) is 6.10 Å². The molecule has 0 aromatic heterocycles. The number of hydrogen-bond acceptors (Lipinski definition) is 4. The van der Waals surface area contributed by atoms with E-state index in [4.69, 9.17) is 28.3 Å². The van der Waals surface area contributed by atoms with Crippen molar-refractivity contribution >= 4 is 40.9 Å². The maximum Gasteiger partial charge on any atom is 0.334 e. The second-order valence-electron chi connectivity index (χ2n) is 7.50. The Labute approximate surface area is 184 Å². The number of likely N-dealkylation sites (N-methyl/N-ethyl adjacent to an activating group) is 1. The second kappa shape index (κ2) is 9.22. The van der Waals surface area contributed by atoms with Gasteiger partial charge in [-0.3, -0.25) is 0 Å². The maximum absolute atomic E-state index is 12.2. The lowest BCUT2D eigenvalue weighted by Crippen LogP contribution is -2.46. The molecule has 2 aromatic rings. The predicted octanol–water partition coefficient (Wildman–Crippen LogP) is 3.53. The number of amides is 2. The van der Waals surface area contributed by atoms with Gasteiger partial charge in [0.25, 0.3) is 0 Å². The van der Waals surface area contributed by atoms with E-state index in [1.807, 2.05) is 31.3 Å². The average Bonchev–Trinajstić information content (AvgIpc) is 2.67. The van der Waals surface area contributed by atoms with Gasteiger partial charge in [-0.05, 0) is 54.9 Å². The lowest BCUT2D eigenvalue weighted by molar-refractivity contribution is -0.147. The molecule has 0 aliphatic carbocycles. The van der Waals surface area contributed by atoms with Crippen molar-refractivity contribution in [2.24, 2.45) is 0 Å². The quantitative estimate of drug-likeness (QED) is 0.556. The molecule has 0 bridgehead atoms. The Kier molecular flexibility index (Phi) is 6.88. The van der Waals surface area contributed by atoms with Crippen molar-refractivity contribution in [2.75, 3.05) is 18.9 Å². The molecular weight excluding hydrogens is 429 g/mol. The fourth-order valence-electron chi connectivity index (χ4n) is 3.63. The molecule has 2 aromatic carbocycles. The number of halogens is 2. The van der Waals surface area contributed by atoms with Crippen LogP contribution in [0.3, 0.4) is 0 Å². The lowest BCUT2D eigenvalue weighted by atomic mass is 9.84. The highest BCUT2D eigenvalue weighted by atomic mass is 35.5. The van der Waals surface area contributed by atoms with Crippen LogP contribution in [0.25, 0.3) is 0 Å². The van der Waals surface area contributed by atoms with E-state index in [2.05, 4.69) is 15.5 Å². The molecular formula is C21H23Cl2N3O4. The Morgan fingerprint density at radius 2 is 1.97 bits per heavy atom. The number of aliphatic hydroxyl groups excluding tert-OH is 1. The number of anilines is 1. The average molecular weight is 452 g/mol. The van der Waals surface area contributed by atoms with Gasteiger partial charge in [-0.15, -0.1) is 0 Å². The zero-order valence-corrected chi connectivity index (χ0v) is 18.0. The molecule has 2 amide bonds. The summed E-state index contributed by atoms with van der Waals surface area (Å²) in [5.74, 6) is -1.38.